The van der Waals surface area contributed by atoms with Gasteiger partial charge < -0.3 is 93.7 Å². The van der Waals surface area contributed by atoms with Gasteiger partial charge in [0.25, 0.3) is 0 Å². The zero-order valence-electron chi connectivity index (χ0n) is 40.4. The van der Waals surface area contributed by atoms with Crippen LogP contribution in [-0.4, -0.2) is 209 Å². The number of esters is 1. The molecule has 3 heterocycles. The van der Waals surface area contributed by atoms with Crippen LogP contribution in [0.5, 0.6) is 0 Å². The van der Waals surface area contributed by atoms with Crippen LogP contribution in [0.4, 0.5) is 0 Å². The second-order valence-electron chi connectivity index (χ2n) is 18.6. The van der Waals surface area contributed by atoms with Crippen molar-refractivity contribution in [3.8, 4) is 0 Å². The van der Waals surface area contributed by atoms with Crippen LogP contribution in [0.2, 0.25) is 0 Å². The lowest BCUT2D eigenvalue weighted by molar-refractivity contribution is -0.316. The highest BCUT2D eigenvalue weighted by Crippen LogP contribution is 2.30. The summed E-state index contributed by atoms with van der Waals surface area (Å²) in [7, 11) is 4.10. The number of ether oxygens (including phenoxy) is 9. The first-order valence-corrected chi connectivity index (χ1v) is 24.9. The van der Waals surface area contributed by atoms with E-state index in [9.17, 15) is 55.9 Å². The zero-order chi connectivity index (χ0) is 49.3. The number of unbranched alkanes of at least 4 members (excludes halogenated alkanes) is 14. The molecule has 20 heteroatoms. The molecule has 0 saturated carbocycles. The van der Waals surface area contributed by atoms with Crippen molar-refractivity contribution in [1.29, 1.82) is 0 Å². The highest BCUT2D eigenvalue weighted by atomic mass is 16.7. The quantitative estimate of drug-likeness (QED) is 0.0316. The molecule has 0 radical (unpaired) electrons. The molecule has 67 heavy (non-hydrogen) atoms. The van der Waals surface area contributed by atoms with E-state index in [1.165, 1.54) is 34.2 Å². The average molecular weight is 973 g/mol. The van der Waals surface area contributed by atoms with Crippen LogP contribution in [-0.2, 0) is 47.4 Å². The molecule has 10 N–H and O–H groups in total. The van der Waals surface area contributed by atoms with E-state index in [2.05, 4.69) is 0 Å². The number of methoxy groups -OCH3 is 3. The van der Waals surface area contributed by atoms with Gasteiger partial charge in [-0.15, -0.1) is 0 Å². The molecule has 0 aromatic carbocycles. The molecule has 18 atom stereocenters. The van der Waals surface area contributed by atoms with Crippen molar-refractivity contribution in [2.24, 2.45) is 0 Å². The number of carbonyl (C=O) groups excluding carboxylic acids is 1. The summed E-state index contributed by atoms with van der Waals surface area (Å²) in [4.78, 5) is 12.0. The molecule has 0 bridgehead atoms. The summed E-state index contributed by atoms with van der Waals surface area (Å²) < 4.78 is 50.9. The molecule has 3 saturated heterocycles. The van der Waals surface area contributed by atoms with E-state index in [4.69, 9.17) is 42.6 Å². The summed E-state index contributed by atoms with van der Waals surface area (Å²) in [5, 5.41) is 101. The fraction of sp³-hybridized carbons (Fsp3) is 0.979. The van der Waals surface area contributed by atoms with E-state index in [0.717, 1.165) is 103 Å². The van der Waals surface area contributed by atoms with Gasteiger partial charge in [-0.25, -0.2) is 0 Å². The number of rotatable bonds is 35. The topological polar surface area (TPSA) is 302 Å². The van der Waals surface area contributed by atoms with Gasteiger partial charge in [0.05, 0.1) is 51.7 Å². The lowest BCUT2D eigenvalue weighted by Crippen LogP contribution is -2.60. The maximum absolute atomic E-state index is 12.0. The predicted molar refractivity (Wildman–Crippen MR) is 240 cm³/mol. The normalized spacial score (nSPS) is 33.9. The molecule has 396 valence electrons. The minimum atomic E-state index is -1.56. The first kappa shape index (κ1) is 60.1. The lowest BCUT2D eigenvalue weighted by Gasteiger charge is -2.42. The Morgan fingerprint density at radius 2 is 0.776 bits per heavy atom. The minimum Gasteiger partial charge on any atom is -0.469 e. The fourth-order valence-electron chi connectivity index (χ4n) is 9.13. The fourth-order valence-corrected chi connectivity index (χ4v) is 9.13. The van der Waals surface area contributed by atoms with Crippen LogP contribution >= 0.6 is 0 Å². The maximum Gasteiger partial charge on any atom is 0.308 e. The summed E-state index contributed by atoms with van der Waals surface area (Å²) in [6.45, 7) is 0.385. The van der Waals surface area contributed by atoms with Gasteiger partial charge in [-0.05, 0) is 32.6 Å². The number of aliphatic hydroxyl groups excluding tert-OH is 10. The summed E-state index contributed by atoms with van der Waals surface area (Å²) in [6.07, 6.45) is 0.148. The molecule has 20 nitrogen and oxygen atoms in total. The number of aliphatic hydroxyl groups is 10. The van der Waals surface area contributed by atoms with E-state index in [-0.39, 0.29) is 18.6 Å². The predicted octanol–water partition coefficient (Wildman–Crippen LogP) is 1.23. The summed E-state index contributed by atoms with van der Waals surface area (Å²) in [5.74, 6) is -0.476. The molecular formula is C47H88O20. The van der Waals surface area contributed by atoms with Gasteiger partial charge in [0, 0.05) is 14.2 Å². The van der Waals surface area contributed by atoms with Crippen molar-refractivity contribution in [2.45, 2.75) is 252 Å². The van der Waals surface area contributed by atoms with Gasteiger partial charge in [0.2, 0.25) is 0 Å². The first-order valence-electron chi connectivity index (χ1n) is 24.9. The molecule has 3 aliphatic rings. The standard InChI is InChI=1S/C47H88O20/c1-29(62-46-43(60-3)40(56)37(53)33(27-49)66-46)21-17-16-20-23-30(63-47-44(61-4)41(57)38(54)34(28-50)67-47)22-18-14-12-10-8-6-5-7-9-11-13-15-19-24-31(25-35(51)59-2)64-45-42(58)39(55)36(52)32(26-48)65-45/h29-34,36-50,52-58H,5-28H2,1-4H3/t29?,30?,31?,32-,33-,34-,36-,37-,38-,39+,40+,41+,42-,43-,44-,45-,46-,47-/m1/s1. The van der Waals surface area contributed by atoms with Crippen LogP contribution in [0.15, 0.2) is 0 Å². The molecule has 3 unspecified atom stereocenters. The molecule has 3 aliphatic heterocycles. The Morgan fingerprint density at radius 3 is 1.19 bits per heavy atom. The SMILES string of the molecule is COC(=O)CC(CCCCCCCCCCCCCCCC(CCCCCC(C)O[C@@H]1O[C@H](CO)[C@@H](O)[C@H](O)[C@H]1OC)O[C@@H]1O[C@H](CO)[C@@H](O)[C@H](O)[C@H]1OC)O[C@@H]1O[C@H](CO)[C@@H](O)[C@H](O)[C@H]1O. The number of hydrogen-bond donors (Lipinski definition) is 10. The second-order valence-corrected chi connectivity index (χ2v) is 18.6. The van der Waals surface area contributed by atoms with Crippen molar-refractivity contribution in [3.63, 3.8) is 0 Å². The first-order chi connectivity index (χ1) is 32.2. The molecule has 3 fully saturated rings. The average Bonchev–Trinajstić information content (AvgIpc) is 3.32. The van der Waals surface area contributed by atoms with Gasteiger partial charge in [-0.1, -0.05) is 103 Å². The highest BCUT2D eigenvalue weighted by Gasteiger charge is 2.48. The van der Waals surface area contributed by atoms with Crippen LogP contribution in [0.3, 0.4) is 0 Å². The second kappa shape index (κ2) is 33.4. The van der Waals surface area contributed by atoms with Gasteiger partial charge in [-0.2, -0.15) is 0 Å². The molecule has 0 amide bonds. The minimum absolute atomic E-state index is 0.0553. The Kier molecular flexibility index (Phi) is 29.9. The van der Waals surface area contributed by atoms with Gasteiger partial charge in [0.15, 0.2) is 18.9 Å². The van der Waals surface area contributed by atoms with Crippen molar-refractivity contribution in [3.05, 3.63) is 0 Å². The van der Waals surface area contributed by atoms with Crippen LogP contribution in [0.25, 0.3) is 0 Å². The van der Waals surface area contributed by atoms with Crippen molar-refractivity contribution < 1.29 is 98.5 Å². The third-order valence-electron chi connectivity index (χ3n) is 13.4. The van der Waals surface area contributed by atoms with E-state index < -0.39 is 124 Å². The monoisotopic (exact) mass is 973 g/mol. The Morgan fingerprint density at radius 1 is 0.433 bits per heavy atom. The Bertz CT molecular complexity index is 1270. The van der Waals surface area contributed by atoms with Gasteiger partial charge in [-0.3, -0.25) is 4.79 Å². The van der Waals surface area contributed by atoms with Gasteiger partial charge >= 0.3 is 5.97 Å². The zero-order valence-corrected chi connectivity index (χ0v) is 40.4. The van der Waals surface area contributed by atoms with E-state index in [1.54, 1.807) is 0 Å². The van der Waals surface area contributed by atoms with E-state index in [0.29, 0.717) is 12.8 Å². The highest BCUT2D eigenvalue weighted by molar-refractivity contribution is 5.69. The maximum atomic E-state index is 12.0. The largest absolute Gasteiger partial charge is 0.469 e. The van der Waals surface area contributed by atoms with Crippen LogP contribution < -0.4 is 0 Å². The number of carbonyl (C=O) groups is 1. The molecule has 0 aromatic heterocycles. The third kappa shape index (κ3) is 20.1. The smallest absolute Gasteiger partial charge is 0.308 e. The summed E-state index contributed by atoms with van der Waals surface area (Å²) in [6, 6.07) is 0. The van der Waals surface area contributed by atoms with E-state index in [1.807, 2.05) is 6.92 Å². The van der Waals surface area contributed by atoms with Gasteiger partial charge in [0.1, 0.15) is 73.2 Å². The van der Waals surface area contributed by atoms with Crippen molar-refractivity contribution in [2.75, 3.05) is 41.2 Å². The third-order valence-corrected chi connectivity index (χ3v) is 13.4. The lowest BCUT2D eigenvalue weighted by atomic mass is 9.98. The van der Waals surface area contributed by atoms with Crippen LogP contribution in [0.1, 0.15) is 142 Å². The number of hydrogen-bond acceptors (Lipinski definition) is 20. The molecule has 0 aliphatic carbocycles. The van der Waals surface area contributed by atoms with Crippen molar-refractivity contribution >= 4 is 5.97 Å². The Balaban J connectivity index is 1.32. The van der Waals surface area contributed by atoms with Crippen LogP contribution in [0, 0.1) is 0 Å². The molecule has 0 aromatic rings. The summed E-state index contributed by atoms with van der Waals surface area (Å²) in [5.41, 5.74) is 0. The Labute approximate surface area is 397 Å². The molecular weight excluding hydrogens is 884 g/mol. The molecule has 0 spiro atoms. The summed E-state index contributed by atoms with van der Waals surface area (Å²) >= 11 is 0. The Hall–Kier alpha value is -1.25. The van der Waals surface area contributed by atoms with Crippen molar-refractivity contribution in [1.82, 2.24) is 0 Å². The molecule has 3 rings (SSSR count). The van der Waals surface area contributed by atoms with E-state index >= 15 is 0 Å².